The van der Waals surface area contributed by atoms with E-state index >= 15 is 0 Å². The minimum atomic E-state index is 0. The van der Waals surface area contributed by atoms with Gasteiger partial charge < -0.3 is 10.6 Å². The van der Waals surface area contributed by atoms with Gasteiger partial charge in [-0.2, -0.15) is 5.10 Å². The summed E-state index contributed by atoms with van der Waals surface area (Å²) in [7, 11) is 1.95. The topological polar surface area (TPSA) is 54.2 Å². The van der Waals surface area contributed by atoms with Crippen LogP contribution in [0.3, 0.4) is 0 Å². The van der Waals surface area contributed by atoms with Crippen LogP contribution in [0.25, 0.3) is 0 Å². The fourth-order valence-electron chi connectivity index (χ4n) is 2.98. The van der Waals surface area contributed by atoms with Crippen LogP contribution in [0, 0.1) is 11.8 Å². The lowest BCUT2D eigenvalue weighted by Crippen LogP contribution is -2.41. The summed E-state index contributed by atoms with van der Waals surface area (Å²) in [6.07, 6.45) is 7.30. The third-order valence-corrected chi connectivity index (χ3v) is 4.49. The Hall–Kier alpha value is -0.790. The second kappa shape index (κ2) is 10.1. The number of aromatic nitrogens is 2. The van der Waals surface area contributed by atoms with E-state index in [9.17, 15) is 0 Å². The second-order valence-electron chi connectivity index (χ2n) is 6.04. The Morgan fingerprint density at radius 1 is 1.36 bits per heavy atom. The minimum absolute atomic E-state index is 0. The molecule has 0 radical (unpaired) electrons. The molecule has 1 fully saturated rings. The molecule has 0 aromatic carbocycles. The Morgan fingerprint density at radius 2 is 2.14 bits per heavy atom. The smallest absolute Gasteiger partial charge is 0.191 e. The highest BCUT2D eigenvalue weighted by Crippen LogP contribution is 2.28. The molecule has 1 aromatic heterocycles. The zero-order valence-electron chi connectivity index (χ0n) is 14.0. The van der Waals surface area contributed by atoms with Crippen molar-refractivity contribution in [2.75, 3.05) is 13.1 Å². The monoisotopic (exact) mass is 419 g/mol. The molecule has 22 heavy (non-hydrogen) atoms. The zero-order chi connectivity index (χ0) is 15.1. The van der Waals surface area contributed by atoms with E-state index in [4.69, 9.17) is 0 Å². The Bertz CT molecular complexity index is 457. The number of guanidine groups is 1. The van der Waals surface area contributed by atoms with Gasteiger partial charge in [0, 0.05) is 26.3 Å². The van der Waals surface area contributed by atoms with Crippen molar-refractivity contribution in [1.82, 2.24) is 20.4 Å². The highest BCUT2D eigenvalue weighted by atomic mass is 127. The molecule has 0 aliphatic heterocycles. The van der Waals surface area contributed by atoms with Crippen molar-refractivity contribution >= 4 is 29.9 Å². The van der Waals surface area contributed by atoms with Gasteiger partial charge in [-0.05, 0) is 31.2 Å². The van der Waals surface area contributed by atoms with Crippen molar-refractivity contribution in [1.29, 1.82) is 0 Å². The van der Waals surface area contributed by atoms with E-state index in [0.717, 1.165) is 36.6 Å². The van der Waals surface area contributed by atoms with Crippen LogP contribution < -0.4 is 10.6 Å². The van der Waals surface area contributed by atoms with E-state index in [1.165, 1.54) is 25.7 Å². The maximum absolute atomic E-state index is 4.66. The molecule has 0 saturated heterocycles. The van der Waals surface area contributed by atoms with Crippen LogP contribution in [0.4, 0.5) is 0 Å². The van der Waals surface area contributed by atoms with E-state index in [0.29, 0.717) is 6.54 Å². The summed E-state index contributed by atoms with van der Waals surface area (Å²) >= 11 is 0. The Labute approximate surface area is 151 Å². The summed E-state index contributed by atoms with van der Waals surface area (Å²) in [5.74, 6) is 2.52. The Morgan fingerprint density at radius 3 is 2.77 bits per heavy atom. The second-order valence-corrected chi connectivity index (χ2v) is 6.04. The van der Waals surface area contributed by atoms with Gasteiger partial charge in [0.2, 0.25) is 0 Å². The first-order valence-corrected chi connectivity index (χ1v) is 8.19. The minimum Gasteiger partial charge on any atom is -0.357 e. The first-order valence-electron chi connectivity index (χ1n) is 8.19. The summed E-state index contributed by atoms with van der Waals surface area (Å²) < 4.78 is 1.87. The van der Waals surface area contributed by atoms with Gasteiger partial charge in [-0.3, -0.25) is 4.68 Å². The predicted octanol–water partition coefficient (Wildman–Crippen LogP) is 2.92. The number of nitrogens with one attached hydrogen (secondary N) is 2. The number of aryl methyl sites for hydroxylation is 1. The molecule has 0 bridgehead atoms. The van der Waals surface area contributed by atoms with Crippen LogP contribution >= 0.6 is 24.0 Å². The van der Waals surface area contributed by atoms with Gasteiger partial charge in [0.1, 0.15) is 0 Å². The van der Waals surface area contributed by atoms with Gasteiger partial charge in [-0.1, -0.05) is 26.2 Å². The average Bonchev–Trinajstić information content (AvgIpc) is 2.89. The molecule has 1 aliphatic rings. The highest BCUT2D eigenvalue weighted by molar-refractivity contribution is 14.0. The number of hydrogen-bond donors (Lipinski definition) is 2. The summed E-state index contributed by atoms with van der Waals surface area (Å²) in [5.41, 5.74) is 1.12. The van der Waals surface area contributed by atoms with Crippen LogP contribution in [0.5, 0.6) is 0 Å². The fraction of sp³-hybridized carbons (Fsp3) is 0.750. The lowest BCUT2D eigenvalue weighted by atomic mass is 9.80. The van der Waals surface area contributed by atoms with Crippen LogP contribution in [-0.2, 0) is 13.6 Å². The van der Waals surface area contributed by atoms with Gasteiger partial charge in [-0.25, -0.2) is 4.99 Å². The number of nitrogens with zero attached hydrogens (tertiary/aromatic N) is 3. The molecular formula is C16H30IN5. The first-order chi connectivity index (χ1) is 10.2. The number of halogens is 1. The van der Waals surface area contributed by atoms with Crippen LogP contribution in [0.1, 0.15) is 45.2 Å². The van der Waals surface area contributed by atoms with Crippen molar-refractivity contribution in [3.8, 4) is 0 Å². The molecule has 2 unspecified atom stereocenters. The van der Waals surface area contributed by atoms with Crippen molar-refractivity contribution < 1.29 is 0 Å². The normalized spacial score (nSPS) is 22.0. The molecule has 1 aromatic rings. The summed E-state index contributed by atoms with van der Waals surface area (Å²) in [6, 6.07) is 2.01. The molecule has 2 rings (SSSR count). The van der Waals surface area contributed by atoms with Crippen LogP contribution in [0.15, 0.2) is 17.3 Å². The lowest BCUT2D eigenvalue weighted by molar-refractivity contribution is 0.256. The molecule has 5 nitrogen and oxygen atoms in total. The Kier molecular flexibility index (Phi) is 8.82. The van der Waals surface area contributed by atoms with Gasteiger partial charge in [-0.15, -0.1) is 24.0 Å². The summed E-state index contributed by atoms with van der Waals surface area (Å²) in [5, 5.41) is 11.0. The number of rotatable bonds is 5. The van der Waals surface area contributed by atoms with Gasteiger partial charge in [0.05, 0.1) is 12.2 Å². The Balaban J connectivity index is 0.00000242. The maximum atomic E-state index is 4.66. The van der Waals surface area contributed by atoms with E-state index in [-0.39, 0.29) is 24.0 Å². The van der Waals surface area contributed by atoms with E-state index in [2.05, 4.69) is 34.6 Å². The summed E-state index contributed by atoms with van der Waals surface area (Å²) in [6.45, 7) is 7.05. The van der Waals surface area contributed by atoms with E-state index in [1.54, 1.807) is 0 Å². The average molecular weight is 419 g/mol. The first kappa shape index (κ1) is 19.3. The number of aliphatic imine (C=N–C) groups is 1. The van der Waals surface area contributed by atoms with E-state index < -0.39 is 0 Å². The maximum Gasteiger partial charge on any atom is 0.191 e. The molecule has 2 N–H and O–H groups in total. The van der Waals surface area contributed by atoms with Crippen LogP contribution in [0.2, 0.25) is 0 Å². The number of hydrogen-bond acceptors (Lipinski definition) is 2. The van der Waals surface area contributed by atoms with Gasteiger partial charge in [0.25, 0.3) is 0 Å². The van der Waals surface area contributed by atoms with Gasteiger partial charge in [0.15, 0.2) is 5.96 Å². The SMILES string of the molecule is CCNC(=NCc1ccnn1C)NCC1CCCCC1C.I. The predicted molar refractivity (Wildman–Crippen MR) is 103 cm³/mol. The zero-order valence-corrected chi connectivity index (χ0v) is 16.3. The van der Waals surface area contributed by atoms with Crippen molar-refractivity contribution in [3.63, 3.8) is 0 Å². The third-order valence-electron chi connectivity index (χ3n) is 4.49. The molecule has 1 aliphatic carbocycles. The summed E-state index contributed by atoms with van der Waals surface area (Å²) in [4.78, 5) is 4.66. The fourth-order valence-corrected chi connectivity index (χ4v) is 2.98. The molecule has 2 atom stereocenters. The lowest BCUT2D eigenvalue weighted by Gasteiger charge is -2.29. The van der Waals surface area contributed by atoms with Crippen molar-refractivity contribution in [2.24, 2.45) is 23.9 Å². The highest BCUT2D eigenvalue weighted by Gasteiger charge is 2.21. The largest absolute Gasteiger partial charge is 0.357 e. The van der Waals surface area contributed by atoms with E-state index in [1.807, 2.05) is 24.0 Å². The van der Waals surface area contributed by atoms with Crippen molar-refractivity contribution in [3.05, 3.63) is 18.0 Å². The molecule has 6 heteroatoms. The van der Waals surface area contributed by atoms with Gasteiger partial charge >= 0.3 is 0 Å². The molecule has 0 amide bonds. The standard InChI is InChI=1S/C16H29N5.HI/c1-4-17-16(19-12-15-9-10-20-21(15)3)18-11-14-8-6-5-7-13(14)2;/h9-10,13-14H,4-8,11-12H2,1-3H3,(H2,17,18,19);1H. The molecule has 1 saturated carbocycles. The molecule has 0 spiro atoms. The van der Waals surface area contributed by atoms with Crippen LogP contribution in [-0.4, -0.2) is 28.8 Å². The quantitative estimate of drug-likeness (QED) is 0.439. The molecular weight excluding hydrogens is 389 g/mol. The molecule has 1 heterocycles. The molecule has 126 valence electrons. The third kappa shape index (κ3) is 5.78. The van der Waals surface area contributed by atoms with Crippen molar-refractivity contribution in [2.45, 2.75) is 46.1 Å².